The van der Waals surface area contributed by atoms with Crippen molar-refractivity contribution >= 4 is 29.9 Å². The van der Waals surface area contributed by atoms with Crippen molar-refractivity contribution in [1.29, 1.82) is 0 Å². The molecule has 1 aromatic carbocycles. The Balaban J connectivity index is 0.00000243. The van der Waals surface area contributed by atoms with Crippen LogP contribution >= 0.6 is 24.0 Å². The zero-order valence-electron chi connectivity index (χ0n) is 15.9. The van der Waals surface area contributed by atoms with Gasteiger partial charge in [0.1, 0.15) is 11.4 Å². The van der Waals surface area contributed by atoms with Gasteiger partial charge in [0.05, 0.1) is 19.3 Å². The average Bonchev–Trinajstić information content (AvgIpc) is 2.60. The molecule has 0 saturated carbocycles. The zero-order valence-corrected chi connectivity index (χ0v) is 18.2. The number of halogens is 1. The number of nitrogens with zero attached hydrogens (tertiary/aromatic N) is 1. The number of guanidine groups is 1. The molecule has 0 radical (unpaired) electrons. The van der Waals surface area contributed by atoms with Crippen molar-refractivity contribution in [3.63, 3.8) is 0 Å². The summed E-state index contributed by atoms with van der Waals surface area (Å²) in [6.45, 7) is 6.72. The molecule has 6 heteroatoms. The zero-order chi connectivity index (χ0) is 17.7. The van der Waals surface area contributed by atoms with E-state index in [0.29, 0.717) is 0 Å². The minimum Gasteiger partial charge on any atom is -0.487 e. The van der Waals surface area contributed by atoms with Crippen molar-refractivity contribution in [2.45, 2.75) is 44.8 Å². The van der Waals surface area contributed by atoms with Gasteiger partial charge in [0, 0.05) is 25.6 Å². The average molecular weight is 471 g/mol. The smallest absolute Gasteiger partial charge is 0.191 e. The molecule has 0 aliphatic carbocycles. The Labute approximate surface area is 173 Å². The number of ether oxygens (including phenoxy) is 2. The van der Waals surface area contributed by atoms with Crippen molar-refractivity contribution in [3.8, 4) is 5.75 Å². The first-order valence-corrected chi connectivity index (χ1v) is 9.08. The van der Waals surface area contributed by atoms with Crippen LogP contribution in [0, 0.1) is 0 Å². The van der Waals surface area contributed by atoms with E-state index in [1.807, 2.05) is 19.2 Å². The number of aliphatic imine (C=N–C) groups is 1. The second-order valence-corrected chi connectivity index (χ2v) is 7.24. The Bertz CT molecular complexity index is 658. The van der Waals surface area contributed by atoms with E-state index in [9.17, 15) is 0 Å². The van der Waals surface area contributed by atoms with Crippen LogP contribution in [-0.4, -0.2) is 38.4 Å². The minimum absolute atomic E-state index is 0. The van der Waals surface area contributed by atoms with Gasteiger partial charge in [-0.3, -0.25) is 4.99 Å². The Kier molecular flexibility index (Phi) is 7.76. The highest BCUT2D eigenvalue weighted by Crippen LogP contribution is 2.39. The molecule has 26 heavy (non-hydrogen) atoms. The fraction of sp³-hybridized carbons (Fsp3) is 0.550. The summed E-state index contributed by atoms with van der Waals surface area (Å²) in [4.78, 5) is 4.39. The molecule has 5 nitrogen and oxygen atoms in total. The summed E-state index contributed by atoms with van der Waals surface area (Å²) in [6, 6.07) is 8.43. The molecule has 0 bridgehead atoms. The summed E-state index contributed by atoms with van der Waals surface area (Å²) < 4.78 is 11.5. The second kappa shape index (κ2) is 9.60. The number of hydrogen-bond acceptors (Lipinski definition) is 3. The van der Waals surface area contributed by atoms with E-state index in [4.69, 9.17) is 9.47 Å². The summed E-state index contributed by atoms with van der Waals surface area (Å²) >= 11 is 0. The van der Waals surface area contributed by atoms with Gasteiger partial charge in [0.15, 0.2) is 5.96 Å². The van der Waals surface area contributed by atoms with Crippen LogP contribution in [-0.2, 0) is 4.74 Å². The highest BCUT2D eigenvalue weighted by molar-refractivity contribution is 14.0. The molecule has 144 valence electrons. The molecule has 0 aromatic heterocycles. The number of benzene rings is 1. The van der Waals surface area contributed by atoms with Crippen molar-refractivity contribution < 1.29 is 9.47 Å². The van der Waals surface area contributed by atoms with Crippen molar-refractivity contribution in [2.24, 2.45) is 4.99 Å². The van der Waals surface area contributed by atoms with E-state index in [1.54, 1.807) is 0 Å². The van der Waals surface area contributed by atoms with Gasteiger partial charge in [-0.2, -0.15) is 0 Å². The van der Waals surface area contributed by atoms with Gasteiger partial charge >= 0.3 is 0 Å². The van der Waals surface area contributed by atoms with Gasteiger partial charge in [0.2, 0.25) is 0 Å². The van der Waals surface area contributed by atoms with E-state index in [0.717, 1.165) is 50.7 Å². The van der Waals surface area contributed by atoms with Gasteiger partial charge in [0.25, 0.3) is 0 Å². The molecule has 1 atom stereocenters. The highest BCUT2D eigenvalue weighted by atomic mass is 127. The van der Waals surface area contributed by atoms with Crippen LogP contribution in [0.15, 0.2) is 40.9 Å². The standard InChI is InChI=1S/C20H29N3O2.HI/c1-20(2)14-17(16-6-4-5-7-18(16)25-20)23-19(21-3)22-11-8-15-9-12-24-13-10-15;/h4-7,9,17H,8,10-14H2,1-3H3,(H2,21,22,23);1H. The summed E-state index contributed by atoms with van der Waals surface area (Å²) in [6.07, 6.45) is 5.15. The first kappa shape index (κ1) is 21.0. The lowest BCUT2D eigenvalue weighted by atomic mass is 9.90. The van der Waals surface area contributed by atoms with Crippen LogP contribution in [0.5, 0.6) is 5.75 Å². The third-order valence-electron chi connectivity index (χ3n) is 4.71. The Morgan fingerprint density at radius 2 is 2.12 bits per heavy atom. The molecule has 0 fully saturated rings. The molecular weight excluding hydrogens is 441 g/mol. The van der Waals surface area contributed by atoms with E-state index in [-0.39, 0.29) is 35.6 Å². The van der Waals surface area contributed by atoms with Crippen LogP contribution in [0.1, 0.15) is 44.7 Å². The van der Waals surface area contributed by atoms with Crippen molar-refractivity contribution in [2.75, 3.05) is 26.8 Å². The molecular formula is C20H30IN3O2. The number of fused-ring (bicyclic) bond motifs is 1. The second-order valence-electron chi connectivity index (χ2n) is 7.24. The van der Waals surface area contributed by atoms with E-state index < -0.39 is 0 Å². The summed E-state index contributed by atoms with van der Waals surface area (Å²) in [5.41, 5.74) is 2.46. The number of nitrogens with one attached hydrogen (secondary N) is 2. The normalized spacial score (nSPS) is 21.6. The highest BCUT2D eigenvalue weighted by Gasteiger charge is 2.33. The predicted octanol–water partition coefficient (Wildman–Crippen LogP) is 3.81. The molecule has 0 amide bonds. The van der Waals surface area contributed by atoms with Gasteiger partial charge in [-0.15, -0.1) is 24.0 Å². The number of para-hydroxylation sites is 1. The molecule has 0 saturated heterocycles. The third kappa shape index (κ3) is 5.61. The predicted molar refractivity (Wildman–Crippen MR) is 117 cm³/mol. The van der Waals surface area contributed by atoms with Gasteiger partial charge < -0.3 is 20.1 Å². The maximum absolute atomic E-state index is 6.11. The Morgan fingerprint density at radius 3 is 2.85 bits per heavy atom. The van der Waals surface area contributed by atoms with Gasteiger partial charge in [-0.1, -0.05) is 29.8 Å². The van der Waals surface area contributed by atoms with Crippen LogP contribution in [0.25, 0.3) is 0 Å². The summed E-state index contributed by atoms with van der Waals surface area (Å²) in [5, 5.41) is 7.01. The first-order chi connectivity index (χ1) is 12.1. The molecule has 3 rings (SSSR count). The number of hydrogen-bond donors (Lipinski definition) is 2. The lowest BCUT2D eigenvalue weighted by molar-refractivity contribution is 0.0694. The van der Waals surface area contributed by atoms with Crippen molar-refractivity contribution in [1.82, 2.24) is 10.6 Å². The topological polar surface area (TPSA) is 54.9 Å². The molecule has 2 aliphatic heterocycles. The Morgan fingerprint density at radius 1 is 1.31 bits per heavy atom. The van der Waals surface area contributed by atoms with Crippen LogP contribution < -0.4 is 15.4 Å². The van der Waals surface area contributed by atoms with Crippen molar-refractivity contribution in [3.05, 3.63) is 41.5 Å². The van der Waals surface area contributed by atoms with Gasteiger partial charge in [-0.25, -0.2) is 0 Å². The quantitative estimate of drug-likeness (QED) is 0.304. The third-order valence-corrected chi connectivity index (χ3v) is 4.71. The largest absolute Gasteiger partial charge is 0.487 e. The molecule has 2 aliphatic rings. The van der Waals surface area contributed by atoms with Crippen LogP contribution in [0.3, 0.4) is 0 Å². The maximum atomic E-state index is 6.11. The fourth-order valence-corrected chi connectivity index (χ4v) is 3.42. The molecule has 1 aromatic rings. The van der Waals surface area contributed by atoms with E-state index >= 15 is 0 Å². The molecule has 1 unspecified atom stereocenters. The van der Waals surface area contributed by atoms with Crippen LogP contribution in [0.2, 0.25) is 0 Å². The molecule has 2 N–H and O–H groups in total. The first-order valence-electron chi connectivity index (χ1n) is 9.08. The summed E-state index contributed by atoms with van der Waals surface area (Å²) in [7, 11) is 1.82. The van der Waals surface area contributed by atoms with E-state index in [2.05, 4.69) is 47.7 Å². The van der Waals surface area contributed by atoms with Crippen LogP contribution in [0.4, 0.5) is 0 Å². The number of rotatable bonds is 4. The van der Waals surface area contributed by atoms with Gasteiger partial charge in [-0.05, 0) is 32.8 Å². The lowest BCUT2D eigenvalue weighted by Gasteiger charge is -2.38. The molecule has 2 heterocycles. The maximum Gasteiger partial charge on any atom is 0.191 e. The monoisotopic (exact) mass is 471 g/mol. The SMILES string of the molecule is CN=C(NCCC1=CCOCC1)NC1CC(C)(C)Oc2ccccc21.I. The Hall–Kier alpha value is -1.28. The summed E-state index contributed by atoms with van der Waals surface area (Å²) in [5.74, 6) is 1.80. The van der Waals surface area contributed by atoms with E-state index in [1.165, 1.54) is 11.1 Å². The molecule has 0 spiro atoms. The fourth-order valence-electron chi connectivity index (χ4n) is 3.42. The minimum atomic E-state index is -0.197. The lowest BCUT2D eigenvalue weighted by Crippen LogP contribution is -2.45.